The van der Waals surface area contributed by atoms with Gasteiger partial charge in [-0.15, -0.1) is 0 Å². The third kappa shape index (κ3) is 6.52. The van der Waals surface area contributed by atoms with Gasteiger partial charge in [-0.1, -0.05) is 48.5 Å². The van der Waals surface area contributed by atoms with Crippen LogP contribution in [-0.4, -0.2) is 38.0 Å². The Hall–Kier alpha value is -4.45. The summed E-state index contributed by atoms with van der Waals surface area (Å²) in [5, 5.41) is 5.83. The number of aromatic amines is 1. The van der Waals surface area contributed by atoms with Gasteiger partial charge in [0.05, 0.1) is 6.04 Å². The van der Waals surface area contributed by atoms with Crippen LogP contribution in [0.15, 0.2) is 96.0 Å². The molecule has 10 nitrogen and oxygen atoms in total. The maximum Gasteiger partial charge on any atom is 0.272 e. The lowest BCUT2D eigenvalue weighted by Crippen LogP contribution is -2.32. The fourth-order valence-electron chi connectivity index (χ4n) is 4.09. The summed E-state index contributed by atoms with van der Waals surface area (Å²) in [5.74, 6) is -0.771. The molecule has 0 saturated carbocycles. The number of hydrogen-bond acceptors (Lipinski definition) is 6. The van der Waals surface area contributed by atoms with Gasteiger partial charge in [-0.05, 0) is 53.1 Å². The van der Waals surface area contributed by atoms with Gasteiger partial charge in [0.1, 0.15) is 16.3 Å². The number of nitrogens with two attached hydrogens (primary N) is 1. The van der Waals surface area contributed by atoms with Crippen molar-refractivity contribution < 1.29 is 22.7 Å². The Kier molecular flexibility index (Phi) is 7.46. The van der Waals surface area contributed by atoms with Crippen LogP contribution in [-0.2, 0) is 14.8 Å². The van der Waals surface area contributed by atoms with Gasteiger partial charge in [0, 0.05) is 24.8 Å². The molecule has 3 aromatic carbocycles. The fraction of sp³-hybridized carbons (Fsp3) is 0.143. The second kappa shape index (κ2) is 11.1. The summed E-state index contributed by atoms with van der Waals surface area (Å²) >= 11 is 0. The lowest BCUT2D eigenvalue weighted by molar-refractivity contribution is -0.118. The molecule has 2 amide bonds. The third-order valence-electron chi connectivity index (χ3n) is 6.07. The Balaban J connectivity index is 1.48. The lowest BCUT2D eigenvalue weighted by Gasteiger charge is -2.20. The van der Waals surface area contributed by atoms with E-state index in [0.717, 1.165) is 0 Å². The van der Waals surface area contributed by atoms with Crippen molar-refractivity contribution in [3.8, 4) is 16.9 Å². The maximum absolute atomic E-state index is 13.7. The highest BCUT2D eigenvalue weighted by molar-refractivity contribution is 7.89. The number of rotatable bonds is 11. The van der Waals surface area contributed by atoms with E-state index in [9.17, 15) is 18.0 Å². The van der Waals surface area contributed by atoms with Crippen molar-refractivity contribution in [3.63, 3.8) is 0 Å². The van der Waals surface area contributed by atoms with Crippen molar-refractivity contribution in [2.45, 2.75) is 23.6 Å². The molecule has 5 rings (SSSR count). The van der Waals surface area contributed by atoms with E-state index in [1.54, 1.807) is 79.0 Å². The molecule has 200 valence electrons. The number of nitrogens with one attached hydrogen (secondary N) is 4. The normalized spacial score (nSPS) is 15.3. The number of amides is 2. The van der Waals surface area contributed by atoms with Crippen LogP contribution in [0.2, 0.25) is 0 Å². The van der Waals surface area contributed by atoms with Crippen molar-refractivity contribution in [2.75, 3.05) is 11.9 Å². The minimum atomic E-state index is -4.18. The van der Waals surface area contributed by atoms with Gasteiger partial charge in [-0.25, -0.2) is 13.1 Å². The first-order valence-corrected chi connectivity index (χ1v) is 13.7. The van der Waals surface area contributed by atoms with E-state index in [1.807, 2.05) is 6.07 Å². The SMILES string of the molecule is NC(=O)CC(NS(=O)(=O)c1cc(-c2cccc(NC(=O)c3ccc[nH]3)c2)ccc1OC1CN1)c1ccccc1. The van der Waals surface area contributed by atoms with Crippen LogP contribution >= 0.6 is 0 Å². The first-order valence-electron chi connectivity index (χ1n) is 12.2. The average Bonchev–Trinajstić information content (AvgIpc) is 3.56. The van der Waals surface area contributed by atoms with Gasteiger partial charge < -0.3 is 20.8 Å². The zero-order chi connectivity index (χ0) is 27.4. The van der Waals surface area contributed by atoms with E-state index >= 15 is 0 Å². The van der Waals surface area contributed by atoms with Gasteiger partial charge in [0.25, 0.3) is 5.91 Å². The van der Waals surface area contributed by atoms with Crippen LogP contribution in [0.1, 0.15) is 28.5 Å². The smallest absolute Gasteiger partial charge is 0.272 e. The van der Waals surface area contributed by atoms with E-state index < -0.39 is 22.0 Å². The number of ether oxygens (including phenoxy) is 1. The zero-order valence-electron chi connectivity index (χ0n) is 20.8. The molecule has 2 atom stereocenters. The van der Waals surface area contributed by atoms with E-state index in [-0.39, 0.29) is 29.2 Å². The minimum Gasteiger partial charge on any atom is -0.473 e. The molecule has 2 heterocycles. The summed E-state index contributed by atoms with van der Waals surface area (Å²) in [6.45, 7) is 0.603. The molecule has 4 aromatic rings. The number of anilines is 1. The number of carbonyl (C=O) groups is 2. The molecule has 1 aromatic heterocycles. The number of sulfonamides is 1. The first kappa shape index (κ1) is 26.2. The fourth-order valence-corrected chi connectivity index (χ4v) is 5.48. The molecule has 1 fully saturated rings. The molecular weight excluding hydrogens is 518 g/mol. The quantitative estimate of drug-likeness (QED) is 0.182. The number of carbonyl (C=O) groups excluding carboxylic acids is 2. The lowest BCUT2D eigenvalue weighted by atomic mass is 10.0. The molecular formula is C28H27N5O5S. The molecule has 39 heavy (non-hydrogen) atoms. The molecule has 1 aliphatic heterocycles. The van der Waals surface area contributed by atoms with Crippen molar-refractivity contribution in [1.82, 2.24) is 15.0 Å². The van der Waals surface area contributed by atoms with Gasteiger partial charge in [-0.3, -0.25) is 14.9 Å². The van der Waals surface area contributed by atoms with E-state index in [4.69, 9.17) is 10.5 Å². The topological polar surface area (TPSA) is 165 Å². The maximum atomic E-state index is 13.7. The number of hydrogen-bond donors (Lipinski definition) is 5. The molecule has 1 aliphatic rings. The van der Waals surface area contributed by atoms with Crippen LogP contribution < -0.4 is 25.8 Å². The average molecular weight is 546 g/mol. The summed E-state index contributed by atoms with van der Waals surface area (Å²) in [4.78, 5) is 27.0. The van der Waals surface area contributed by atoms with Crippen LogP contribution in [0, 0.1) is 0 Å². The Morgan fingerprint density at radius 2 is 1.74 bits per heavy atom. The van der Waals surface area contributed by atoms with Crippen LogP contribution in [0.4, 0.5) is 5.69 Å². The molecule has 0 bridgehead atoms. The van der Waals surface area contributed by atoms with Gasteiger partial charge in [0.15, 0.2) is 6.23 Å². The summed E-state index contributed by atoms with van der Waals surface area (Å²) in [6.07, 6.45) is 1.16. The second-order valence-corrected chi connectivity index (χ2v) is 10.7. The molecule has 6 N–H and O–H groups in total. The molecule has 2 unspecified atom stereocenters. The van der Waals surface area contributed by atoms with Crippen LogP contribution in [0.25, 0.3) is 11.1 Å². The van der Waals surface area contributed by atoms with Crippen LogP contribution in [0.3, 0.4) is 0 Å². The Bertz CT molecular complexity index is 1590. The first-order chi connectivity index (χ1) is 18.8. The molecule has 11 heteroatoms. The van der Waals surface area contributed by atoms with Crippen molar-refractivity contribution in [2.24, 2.45) is 5.73 Å². The van der Waals surface area contributed by atoms with Gasteiger partial charge >= 0.3 is 0 Å². The Morgan fingerprint density at radius 1 is 0.974 bits per heavy atom. The predicted octanol–water partition coefficient (Wildman–Crippen LogP) is 3.14. The van der Waals surface area contributed by atoms with E-state index in [1.165, 1.54) is 6.07 Å². The van der Waals surface area contributed by atoms with E-state index in [2.05, 4.69) is 20.3 Å². The Labute approximate surface area is 225 Å². The van der Waals surface area contributed by atoms with Crippen LogP contribution in [0.5, 0.6) is 5.75 Å². The molecule has 0 spiro atoms. The van der Waals surface area contributed by atoms with Gasteiger partial charge in [-0.2, -0.15) is 0 Å². The standard InChI is InChI=1S/C28H27N5O5S/c29-26(34)16-23(18-6-2-1-3-7-18)33-39(36,37)25-15-20(11-12-24(25)38-27-17-31-27)19-8-4-9-21(14-19)32-28(35)22-10-5-13-30-22/h1-15,23,27,30-31,33H,16-17H2,(H2,29,34)(H,32,35). The molecule has 1 saturated heterocycles. The molecule has 0 aliphatic carbocycles. The summed E-state index contributed by atoms with van der Waals surface area (Å²) < 4.78 is 35.9. The number of benzene rings is 3. The predicted molar refractivity (Wildman–Crippen MR) is 146 cm³/mol. The number of aromatic nitrogens is 1. The van der Waals surface area contributed by atoms with Crippen molar-refractivity contribution in [1.29, 1.82) is 0 Å². The monoisotopic (exact) mass is 545 g/mol. The largest absolute Gasteiger partial charge is 0.473 e. The van der Waals surface area contributed by atoms with Gasteiger partial charge in [0.2, 0.25) is 15.9 Å². The highest BCUT2D eigenvalue weighted by atomic mass is 32.2. The van der Waals surface area contributed by atoms with E-state index in [0.29, 0.717) is 34.6 Å². The number of primary amides is 1. The summed E-state index contributed by atoms with van der Waals surface area (Å²) in [7, 11) is -4.18. The summed E-state index contributed by atoms with van der Waals surface area (Å²) in [5.41, 5.74) is 8.27. The zero-order valence-corrected chi connectivity index (χ0v) is 21.6. The number of H-pyrrole nitrogens is 1. The highest BCUT2D eigenvalue weighted by Crippen LogP contribution is 2.33. The third-order valence-corrected chi connectivity index (χ3v) is 7.57. The minimum absolute atomic E-state index is 0.0834. The highest BCUT2D eigenvalue weighted by Gasteiger charge is 2.30. The summed E-state index contributed by atoms with van der Waals surface area (Å²) in [6, 6.07) is 23.2. The second-order valence-electron chi connectivity index (χ2n) is 9.05. The molecule has 0 radical (unpaired) electrons. The van der Waals surface area contributed by atoms with Crippen molar-refractivity contribution in [3.05, 3.63) is 102 Å². The van der Waals surface area contributed by atoms with Crippen molar-refractivity contribution >= 4 is 27.5 Å². The Morgan fingerprint density at radius 3 is 2.44 bits per heavy atom.